The second-order valence-corrected chi connectivity index (χ2v) is 5.94. The zero-order chi connectivity index (χ0) is 12.6. The van der Waals surface area contributed by atoms with Crippen LogP contribution >= 0.6 is 15.9 Å². The van der Waals surface area contributed by atoms with Crippen molar-refractivity contribution in [2.75, 3.05) is 6.61 Å². The van der Waals surface area contributed by atoms with Crippen LogP contribution in [0.2, 0.25) is 0 Å². The van der Waals surface area contributed by atoms with Gasteiger partial charge in [-0.2, -0.15) is 4.31 Å². The predicted octanol–water partition coefficient (Wildman–Crippen LogP) is 1.47. The van der Waals surface area contributed by atoms with Gasteiger partial charge >= 0.3 is 6.09 Å². The molecule has 1 aromatic rings. The minimum absolute atomic E-state index is 0.0932. The molecule has 6 nitrogen and oxygen atoms in total. The van der Waals surface area contributed by atoms with Gasteiger partial charge in [0, 0.05) is 4.47 Å². The fourth-order valence-corrected chi connectivity index (χ4v) is 3.63. The van der Waals surface area contributed by atoms with Gasteiger partial charge in [-0.05, 0) is 28.1 Å². The quantitative estimate of drug-likeness (QED) is 0.852. The lowest BCUT2D eigenvalue weighted by Gasteiger charge is -2.17. The predicted molar refractivity (Wildman–Crippen MR) is 60.9 cm³/mol. The molecule has 1 aliphatic heterocycles. The van der Waals surface area contributed by atoms with Crippen LogP contribution in [0.15, 0.2) is 33.6 Å². The van der Waals surface area contributed by atoms with E-state index in [1.807, 2.05) is 0 Å². The minimum atomic E-state index is -4.11. The molecule has 0 bridgehead atoms. The standard InChI is InChI=1S/C9H8BrNO5S/c10-6-3-1-2-4-7(6)17(14,15)11(9(12)13)8-5-16-8/h1-4,8H,5H2,(H,12,13). The monoisotopic (exact) mass is 321 g/mol. The molecule has 92 valence electrons. The summed E-state index contributed by atoms with van der Waals surface area (Å²) in [6.07, 6.45) is -2.46. The van der Waals surface area contributed by atoms with Crippen LogP contribution in [0.4, 0.5) is 4.79 Å². The lowest BCUT2D eigenvalue weighted by molar-refractivity contribution is 0.157. The van der Waals surface area contributed by atoms with Crippen molar-refractivity contribution in [1.29, 1.82) is 0 Å². The Morgan fingerprint density at radius 1 is 1.47 bits per heavy atom. The lowest BCUT2D eigenvalue weighted by Crippen LogP contribution is -2.38. The summed E-state index contributed by atoms with van der Waals surface area (Å²) in [7, 11) is -4.11. The highest BCUT2D eigenvalue weighted by Crippen LogP contribution is 2.29. The number of rotatable bonds is 3. The number of hydrogen-bond donors (Lipinski definition) is 1. The molecule has 0 aromatic heterocycles. The number of benzene rings is 1. The number of nitrogens with zero attached hydrogens (tertiary/aromatic N) is 1. The Balaban J connectivity index is 2.48. The van der Waals surface area contributed by atoms with Crippen molar-refractivity contribution < 1.29 is 23.1 Å². The SMILES string of the molecule is O=C(O)N(C1CO1)S(=O)(=O)c1ccccc1Br. The molecule has 0 spiro atoms. The van der Waals surface area contributed by atoms with E-state index >= 15 is 0 Å². The van der Waals surface area contributed by atoms with Crippen LogP contribution in [0.3, 0.4) is 0 Å². The second kappa shape index (κ2) is 4.28. The first-order valence-corrected chi connectivity index (χ1v) is 6.81. The largest absolute Gasteiger partial charge is 0.464 e. The van der Waals surface area contributed by atoms with Crippen molar-refractivity contribution in [1.82, 2.24) is 4.31 Å². The number of halogens is 1. The van der Waals surface area contributed by atoms with Crippen LogP contribution in [0.25, 0.3) is 0 Å². The van der Waals surface area contributed by atoms with Crippen molar-refractivity contribution in [3.05, 3.63) is 28.7 Å². The first kappa shape index (κ1) is 12.3. The van der Waals surface area contributed by atoms with Gasteiger partial charge in [0.2, 0.25) is 0 Å². The van der Waals surface area contributed by atoms with Crippen LogP contribution < -0.4 is 0 Å². The molecule has 1 atom stereocenters. The van der Waals surface area contributed by atoms with Gasteiger partial charge in [0.25, 0.3) is 10.0 Å². The van der Waals surface area contributed by atoms with Gasteiger partial charge in [-0.15, -0.1) is 0 Å². The third-order valence-corrected chi connectivity index (χ3v) is 4.91. The molecule has 1 aromatic carbocycles. The number of sulfonamides is 1. The molecule has 1 amide bonds. The Hall–Kier alpha value is -1.12. The highest BCUT2D eigenvalue weighted by Gasteiger charge is 2.43. The molecule has 1 heterocycles. The highest BCUT2D eigenvalue weighted by molar-refractivity contribution is 9.10. The molecule has 2 rings (SSSR count). The number of carboxylic acid groups (broad SMARTS) is 1. The van der Waals surface area contributed by atoms with E-state index in [4.69, 9.17) is 9.84 Å². The molecular weight excluding hydrogens is 314 g/mol. The van der Waals surface area contributed by atoms with Crippen molar-refractivity contribution in [3.63, 3.8) is 0 Å². The van der Waals surface area contributed by atoms with E-state index in [2.05, 4.69) is 15.9 Å². The van der Waals surface area contributed by atoms with Crippen LogP contribution in [-0.2, 0) is 14.8 Å². The molecule has 17 heavy (non-hydrogen) atoms. The second-order valence-electron chi connectivity index (χ2n) is 3.30. The van der Waals surface area contributed by atoms with Crippen molar-refractivity contribution in [3.8, 4) is 0 Å². The van der Waals surface area contributed by atoms with Crippen molar-refractivity contribution >= 4 is 32.0 Å². The van der Waals surface area contributed by atoms with Gasteiger partial charge in [-0.1, -0.05) is 12.1 Å². The van der Waals surface area contributed by atoms with Gasteiger partial charge in [-0.3, -0.25) is 0 Å². The van der Waals surface area contributed by atoms with Gasteiger partial charge < -0.3 is 9.84 Å². The topological polar surface area (TPSA) is 87.2 Å². The van der Waals surface area contributed by atoms with E-state index in [9.17, 15) is 13.2 Å². The van der Waals surface area contributed by atoms with Crippen molar-refractivity contribution in [2.24, 2.45) is 0 Å². The molecule has 1 fully saturated rings. The summed E-state index contributed by atoms with van der Waals surface area (Å²) in [6.45, 7) is 0.0932. The average molecular weight is 322 g/mol. The maximum atomic E-state index is 12.1. The number of hydrogen-bond acceptors (Lipinski definition) is 4. The number of epoxide rings is 1. The average Bonchev–Trinajstić information content (AvgIpc) is 3.01. The smallest absolute Gasteiger partial charge is 0.423 e. The van der Waals surface area contributed by atoms with E-state index in [1.165, 1.54) is 18.2 Å². The normalized spacial score (nSPS) is 18.8. The highest BCUT2D eigenvalue weighted by atomic mass is 79.9. The molecule has 0 radical (unpaired) electrons. The van der Waals surface area contributed by atoms with Gasteiger partial charge in [-0.25, -0.2) is 13.2 Å². The lowest BCUT2D eigenvalue weighted by atomic mass is 10.4. The number of amides is 1. The maximum Gasteiger partial charge on any atom is 0.423 e. The number of ether oxygens (including phenoxy) is 1. The fourth-order valence-electron chi connectivity index (χ4n) is 1.32. The molecule has 0 saturated carbocycles. The van der Waals surface area contributed by atoms with Gasteiger partial charge in [0.15, 0.2) is 6.23 Å². The van der Waals surface area contributed by atoms with Gasteiger partial charge in [0.1, 0.15) is 4.90 Å². The summed E-state index contributed by atoms with van der Waals surface area (Å²) in [4.78, 5) is 10.9. The minimum Gasteiger partial charge on any atom is -0.464 e. The zero-order valence-electron chi connectivity index (χ0n) is 8.41. The molecule has 1 unspecified atom stereocenters. The Kier molecular flexibility index (Phi) is 3.11. The summed E-state index contributed by atoms with van der Waals surface area (Å²) in [5, 5.41) is 8.92. The number of carbonyl (C=O) groups is 1. The van der Waals surface area contributed by atoms with Crippen molar-refractivity contribution in [2.45, 2.75) is 11.1 Å². The maximum absolute atomic E-state index is 12.1. The molecule has 0 aliphatic carbocycles. The summed E-state index contributed by atoms with van der Waals surface area (Å²) >= 11 is 3.08. The Morgan fingerprint density at radius 3 is 2.53 bits per heavy atom. The van der Waals surface area contributed by atoms with Crippen LogP contribution in [0, 0.1) is 0 Å². The first-order chi connectivity index (χ1) is 7.94. The summed E-state index contributed by atoms with van der Waals surface area (Å²) in [5.74, 6) is 0. The van der Waals surface area contributed by atoms with Crippen LogP contribution in [-0.4, -0.2) is 36.8 Å². The molecular formula is C9H8BrNO5S. The van der Waals surface area contributed by atoms with E-state index in [1.54, 1.807) is 6.07 Å². The molecule has 1 aliphatic rings. The summed E-state index contributed by atoms with van der Waals surface area (Å²) in [6, 6.07) is 6.02. The Morgan fingerprint density at radius 2 is 2.06 bits per heavy atom. The Labute approximate surface area is 106 Å². The summed E-state index contributed by atoms with van der Waals surface area (Å²) < 4.78 is 29.6. The van der Waals surface area contributed by atoms with E-state index < -0.39 is 22.3 Å². The Bertz CT molecular complexity index is 554. The molecule has 8 heteroatoms. The summed E-state index contributed by atoms with van der Waals surface area (Å²) in [5.41, 5.74) is 0. The van der Waals surface area contributed by atoms with Crippen LogP contribution in [0.1, 0.15) is 0 Å². The van der Waals surface area contributed by atoms with E-state index in [0.29, 0.717) is 8.78 Å². The van der Waals surface area contributed by atoms with E-state index in [-0.39, 0.29) is 11.5 Å². The third kappa shape index (κ3) is 2.28. The third-order valence-electron chi connectivity index (χ3n) is 2.14. The fraction of sp³-hybridized carbons (Fsp3) is 0.222. The zero-order valence-corrected chi connectivity index (χ0v) is 10.8. The first-order valence-electron chi connectivity index (χ1n) is 4.58. The molecule has 1 saturated heterocycles. The molecule has 1 N–H and O–H groups in total. The van der Waals surface area contributed by atoms with E-state index in [0.717, 1.165) is 0 Å². The van der Waals surface area contributed by atoms with Crippen LogP contribution in [0.5, 0.6) is 0 Å². The van der Waals surface area contributed by atoms with Gasteiger partial charge in [0.05, 0.1) is 6.61 Å².